The zero-order valence-electron chi connectivity index (χ0n) is 11.8. The summed E-state index contributed by atoms with van der Waals surface area (Å²) in [5.41, 5.74) is 1.74. The van der Waals surface area contributed by atoms with Crippen LogP contribution in [0.3, 0.4) is 0 Å². The van der Waals surface area contributed by atoms with E-state index in [1.54, 1.807) is 21.1 Å². The first-order valence-corrected chi connectivity index (χ1v) is 6.67. The molecule has 3 aromatic rings. The van der Waals surface area contributed by atoms with Gasteiger partial charge in [-0.2, -0.15) is 4.98 Å². The number of aromatic nitrogens is 4. The van der Waals surface area contributed by atoms with E-state index >= 15 is 0 Å². The summed E-state index contributed by atoms with van der Waals surface area (Å²) in [4.78, 5) is 7.33. The molecule has 0 unspecified atom stereocenters. The second kappa shape index (κ2) is 5.21. The van der Waals surface area contributed by atoms with Crippen LogP contribution in [0.2, 0.25) is 0 Å². The summed E-state index contributed by atoms with van der Waals surface area (Å²) < 4.78 is 18.2. The first kappa shape index (κ1) is 13.6. The first-order chi connectivity index (χ1) is 10.1. The molecular formula is C13H14N4O3S. The maximum Gasteiger partial charge on any atom is 0.246 e. The van der Waals surface area contributed by atoms with E-state index in [-0.39, 0.29) is 0 Å². The lowest BCUT2D eigenvalue weighted by molar-refractivity contribution is 0.355. The second-order valence-electron chi connectivity index (χ2n) is 4.48. The Bertz CT molecular complexity index is 849. The fourth-order valence-electron chi connectivity index (χ4n) is 2.18. The summed E-state index contributed by atoms with van der Waals surface area (Å²) in [5.74, 6) is 2.37. The monoisotopic (exact) mass is 306 g/mol. The number of aromatic amines is 1. The van der Waals surface area contributed by atoms with Gasteiger partial charge in [0.1, 0.15) is 6.54 Å². The van der Waals surface area contributed by atoms with Gasteiger partial charge in [0, 0.05) is 12.1 Å². The summed E-state index contributed by atoms with van der Waals surface area (Å²) in [6, 6.07) is 3.71. The number of nitrogens with zero attached hydrogens (tertiary/aromatic N) is 3. The van der Waals surface area contributed by atoms with Gasteiger partial charge in [0.2, 0.25) is 5.89 Å². The lowest BCUT2D eigenvalue weighted by atomic mass is 10.2. The Morgan fingerprint density at radius 2 is 2.00 bits per heavy atom. The van der Waals surface area contributed by atoms with Crippen molar-refractivity contribution in [2.45, 2.75) is 13.5 Å². The van der Waals surface area contributed by atoms with Crippen LogP contribution >= 0.6 is 12.2 Å². The molecule has 0 atom stereocenters. The molecule has 0 aliphatic carbocycles. The molecule has 110 valence electrons. The molecule has 8 heteroatoms. The summed E-state index contributed by atoms with van der Waals surface area (Å²) >= 11 is 5.35. The number of nitrogens with one attached hydrogen (secondary N) is 1. The Balaban J connectivity index is 2.13. The van der Waals surface area contributed by atoms with Crippen molar-refractivity contribution in [1.82, 2.24) is 19.7 Å². The molecule has 0 spiro atoms. The number of aryl methyl sites for hydroxylation is 1. The molecule has 0 radical (unpaired) electrons. The highest BCUT2D eigenvalue weighted by Crippen LogP contribution is 2.32. The largest absolute Gasteiger partial charge is 0.493 e. The third-order valence-electron chi connectivity index (χ3n) is 3.14. The van der Waals surface area contributed by atoms with Gasteiger partial charge < -0.3 is 23.5 Å². The molecule has 2 heterocycles. The average Bonchev–Trinajstić information content (AvgIpc) is 3.02. The van der Waals surface area contributed by atoms with E-state index in [2.05, 4.69) is 15.1 Å². The third-order valence-corrected chi connectivity index (χ3v) is 3.46. The van der Waals surface area contributed by atoms with Gasteiger partial charge >= 0.3 is 0 Å². The Hall–Kier alpha value is -2.35. The molecular weight excluding hydrogens is 292 g/mol. The fourth-order valence-corrected chi connectivity index (χ4v) is 2.45. The molecule has 1 aromatic carbocycles. The quantitative estimate of drug-likeness (QED) is 0.746. The Morgan fingerprint density at radius 3 is 2.62 bits per heavy atom. The van der Waals surface area contributed by atoms with Gasteiger partial charge in [0.15, 0.2) is 22.1 Å². The van der Waals surface area contributed by atoms with Crippen molar-refractivity contribution in [3.63, 3.8) is 0 Å². The number of benzene rings is 1. The number of fused-ring (bicyclic) bond motifs is 1. The normalized spacial score (nSPS) is 11.0. The minimum Gasteiger partial charge on any atom is -0.493 e. The number of imidazole rings is 1. The van der Waals surface area contributed by atoms with E-state index in [9.17, 15) is 0 Å². The van der Waals surface area contributed by atoms with E-state index in [1.165, 1.54) is 0 Å². The van der Waals surface area contributed by atoms with Crippen LogP contribution in [-0.2, 0) is 6.54 Å². The van der Waals surface area contributed by atoms with Crippen LogP contribution in [0, 0.1) is 11.7 Å². The van der Waals surface area contributed by atoms with E-state index in [0.717, 1.165) is 11.0 Å². The molecule has 0 aliphatic heterocycles. The van der Waals surface area contributed by atoms with Crippen molar-refractivity contribution in [2.24, 2.45) is 0 Å². The van der Waals surface area contributed by atoms with Crippen molar-refractivity contribution in [3.8, 4) is 11.5 Å². The Labute approximate surface area is 125 Å². The number of rotatable bonds is 4. The number of ether oxygens (including phenoxy) is 2. The zero-order valence-corrected chi connectivity index (χ0v) is 12.7. The van der Waals surface area contributed by atoms with Crippen LogP contribution in [0.25, 0.3) is 11.0 Å². The predicted molar refractivity (Wildman–Crippen MR) is 78.4 cm³/mol. The van der Waals surface area contributed by atoms with Crippen LogP contribution in [0.1, 0.15) is 11.7 Å². The third kappa shape index (κ3) is 2.38. The van der Waals surface area contributed by atoms with E-state index in [4.69, 9.17) is 26.2 Å². The van der Waals surface area contributed by atoms with Gasteiger partial charge in [-0.15, -0.1) is 0 Å². The maximum absolute atomic E-state index is 5.35. The molecule has 0 fully saturated rings. The van der Waals surface area contributed by atoms with Crippen molar-refractivity contribution < 1.29 is 14.0 Å². The van der Waals surface area contributed by atoms with Crippen LogP contribution in [0.15, 0.2) is 16.7 Å². The Kier molecular flexibility index (Phi) is 3.38. The fraction of sp³-hybridized carbons (Fsp3) is 0.308. The topological polar surface area (TPSA) is 78.1 Å². The number of hydrogen-bond donors (Lipinski definition) is 1. The van der Waals surface area contributed by atoms with Gasteiger partial charge in [-0.1, -0.05) is 5.16 Å². The molecule has 7 nitrogen and oxygen atoms in total. The molecule has 0 bridgehead atoms. The SMILES string of the molecule is COc1cc2[nH]c(=S)n(Cc3nc(C)no3)c2cc1OC. The highest BCUT2D eigenvalue weighted by molar-refractivity contribution is 7.71. The standard InChI is InChI=1S/C13H14N4O3S/c1-7-14-12(20-16-7)6-17-9-5-11(19-3)10(18-2)4-8(9)15-13(17)21/h4-5H,6H2,1-3H3,(H,15,21). The molecule has 2 aromatic heterocycles. The predicted octanol–water partition coefficient (Wildman–Crippen LogP) is 2.46. The molecule has 0 aliphatic rings. The highest BCUT2D eigenvalue weighted by atomic mass is 32.1. The highest BCUT2D eigenvalue weighted by Gasteiger charge is 2.13. The van der Waals surface area contributed by atoms with Crippen molar-refractivity contribution in [2.75, 3.05) is 14.2 Å². The average molecular weight is 306 g/mol. The van der Waals surface area contributed by atoms with E-state index < -0.39 is 0 Å². The van der Waals surface area contributed by atoms with Crippen molar-refractivity contribution in [3.05, 3.63) is 28.6 Å². The lowest BCUT2D eigenvalue weighted by Gasteiger charge is -2.08. The first-order valence-electron chi connectivity index (χ1n) is 6.26. The van der Waals surface area contributed by atoms with Crippen LogP contribution in [0.5, 0.6) is 11.5 Å². The van der Waals surface area contributed by atoms with Gasteiger partial charge in [-0.25, -0.2) is 0 Å². The number of H-pyrrole nitrogens is 1. The molecule has 21 heavy (non-hydrogen) atoms. The van der Waals surface area contributed by atoms with Crippen LogP contribution in [0.4, 0.5) is 0 Å². The van der Waals surface area contributed by atoms with E-state index in [1.807, 2.05) is 16.7 Å². The number of hydrogen-bond acceptors (Lipinski definition) is 6. The smallest absolute Gasteiger partial charge is 0.246 e. The number of methoxy groups -OCH3 is 2. The van der Waals surface area contributed by atoms with Crippen molar-refractivity contribution >= 4 is 23.3 Å². The molecule has 0 saturated carbocycles. The molecule has 1 N–H and O–H groups in total. The van der Waals surface area contributed by atoms with Crippen molar-refractivity contribution in [1.29, 1.82) is 0 Å². The summed E-state index contributed by atoms with van der Waals surface area (Å²) in [7, 11) is 3.19. The van der Waals surface area contributed by atoms with Gasteiger partial charge in [-0.3, -0.25) is 0 Å². The second-order valence-corrected chi connectivity index (χ2v) is 4.86. The summed E-state index contributed by atoms with van der Waals surface area (Å²) in [6.45, 7) is 2.17. The van der Waals surface area contributed by atoms with Gasteiger partial charge in [-0.05, 0) is 19.1 Å². The maximum atomic E-state index is 5.35. The minimum absolute atomic E-state index is 0.398. The summed E-state index contributed by atoms with van der Waals surface area (Å²) in [5, 5.41) is 3.78. The van der Waals surface area contributed by atoms with Gasteiger partial charge in [0.05, 0.1) is 25.3 Å². The molecule has 0 amide bonds. The van der Waals surface area contributed by atoms with Gasteiger partial charge in [0.25, 0.3) is 0 Å². The molecule has 0 saturated heterocycles. The lowest BCUT2D eigenvalue weighted by Crippen LogP contribution is -2.00. The van der Waals surface area contributed by atoms with Crippen LogP contribution in [-0.4, -0.2) is 33.9 Å². The summed E-state index contributed by atoms with van der Waals surface area (Å²) in [6.07, 6.45) is 0. The minimum atomic E-state index is 0.398. The Morgan fingerprint density at radius 1 is 1.29 bits per heavy atom. The molecule has 3 rings (SSSR count). The van der Waals surface area contributed by atoms with Crippen LogP contribution < -0.4 is 9.47 Å². The van der Waals surface area contributed by atoms with E-state index in [0.29, 0.717) is 34.5 Å². The zero-order chi connectivity index (χ0) is 15.0.